The van der Waals surface area contributed by atoms with Gasteiger partial charge in [0.2, 0.25) is 0 Å². The zero-order valence-electron chi connectivity index (χ0n) is 14.6. The quantitative estimate of drug-likeness (QED) is 0.881. The molecule has 2 aromatic carbocycles. The summed E-state index contributed by atoms with van der Waals surface area (Å²) < 4.78 is 5.59. The zero-order chi connectivity index (χ0) is 16.9. The molecule has 1 saturated heterocycles. The van der Waals surface area contributed by atoms with Crippen LogP contribution in [0.3, 0.4) is 0 Å². The summed E-state index contributed by atoms with van der Waals surface area (Å²) in [6.45, 7) is 6.04. The third-order valence-corrected chi connectivity index (χ3v) is 4.26. The first-order chi connectivity index (χ1) is 11.6. The summed E-state index contributed by atoms with van der Waals surface area (Å²) >= 11 is 0. The maximum atomic E-state index is 12.6. The third kappa shape index (κ3) is 5.05. The predicted molar refractivity (Wildman–Crippen MR) is 102 cm³/mol. The minimum atomic E-state index is -0.434. The van der Waals surface area contributed by atoms with E-state index in [9.17, 15) is 4.79 Å². The lowest BCUT2D eigenvalue weighted by Crippen LogP contribution is -2.48. The molecular weight excluding hydrogens is 336 g/mol. The molecule has 1 unspecified atom stereocenters. The Morgan fingerprint density at radius 2 is 1.72 bits per heavy atom. The number of carbonyl (C=O) groups is 1. The fourth-order valence-corrected chi connectivity index (χ4v) is 3.03. The first-order valence-electron chi connectivity index (χ1n) is 8.39. The third-order valence-electron chi connectivity index (χ3n) is 4.26. The van der Waals surface area contributed by atoms with Crippen LogP contribution < -0.4 is 10.6 Å². The van der Waals surface area contributed by atoms with Crippen molar-refractivity contribution in [2.45, 2.75) is 26.0 Å². The SMILES string of the molecule is Cc1cccc(C(NC(=O)C2CNCCO2)c2cccc(C)c2)c1.Cl. The van der Waals surface area contributed by atoms with Crippen LogP contribution in [0.25, 0.3) is 0 Å². The Morgan fingerprint density at radius 3 is 2.20 bits per heavy atom. The van der Waals surface area contributed by atoms with Gasteiger partial charge in [0.25, 0.3) is 5.91 Å². The molecule has 2 aromatic rings. The van der Waals surface area contributed by atoms with Gasteiger partial charge in [-0.15, -0.1) is 12.4 Å². The molecule has 134 valence electrons. The van der Waals surface area contributed by atoms with Crippen LogP contribution in [-0.2, 0) is 9.53 Å². The Kier molecular flexibility index (Phi) is 7.00. The van der Waals surface area contributed by atoms with E-state index in [1.54, 1.807) is 0 Å². The van der Waals surface area contributed by atoms with Crippen LogP contribution in [0, 0.1) is 13.8 Å². The largest absolute Gasteiger partial charge is 0.366 e. The number of amides is 1. The smallest absolute Gasteiger partial charge is 0.251 e. The van der Waals surface area contributed by atoms with Crippen molar-refractivity contribution in [2.24, 2.45) is 0 Å². The van der Waals surface area contributed by atoms with Crippen LogP contribution in [0.5, 0.6) is 0 Å². The van der Waals surface area contributed by atoms with Crippen LogP contribution >= 0.6 is 12.4 Å². The standard InChI is InChI=1S/C20H24N2O2.ClH/c1-14-5-3-7-16(11-14)19(17-8-4-6-15(2)12-17)22-20(23)18-13-21-9-10-24-18;/h3-8,11-12,18-19,21H,9-10,13H2,1-2H3,(H,22,23);1H. The molecular formula is C20H25ClN2O2. The van der Waals surface area contributed by atoms with Gasteiger partial charge in [0, 0.05) is 13.1 Å². The highest BCUT2D eigenvalue weighted by molar-refractivity contribution is 5.85. The van der Waals surface area contributed by atoms with Crippen molar-refractivity contribution in [3.63, 3.8) is 0 Å². The number of hydrogen-bond donors (Lipinski definition) is 2. The topological polar surface area (TPSA) is 50.4 Å². The van der Waals surface area contributed by atoms with Gasteiger partial charge in [0.1, 0.15) is 6.10 Å². The number of halogens is 1. The van der Waals surface area contributed by atoms with Crippen molar-refractivity contribution < 1.29 is 9.53 Å². The highest BCUT2D eigenvalue weighted by atomic mass is 35.5. The minimum absolute atomic E-state index is 0. The van der Waals surface area contributed by atoms with Crippen LogP contribution in [0.1, 0.15) is 28.3 Å². The summed E-state index contributed by atoms with van der Waals surface area (Å²) in [5.41, 5.74) is 4.51. The van der Waals surface area contributed by atoms with Gasteiger partial charge in [-0.3, -0.25) is 4.79 Å². The normalized spacial score (nSPS) is 17.0. The molecule has 4 nitrogen and oxygen atoms in total. The monoisotopic (exact) mass is 360 g/mol. The van der Waals surface area contributed by atoms with Crippen LogP contribution in [-0.4, -0.2) is 31.7 Å². The van der Waals surface area contributed by atoms with Gasteiger partial charge in [0.05, 0.1) is 12.6 Å². The Hall–Kier alpha value is -1.88. The average molecular weight is 361 g/mol. The summed E-state index contributed by atoms with van der Waals surface area (Å²) in [5, 5.41) is 6.37. The van der Waals surface area contributed by atoms with Gasteiger partial charge in [-0.05, 0) is 25.0 Å². The molecule has 1 fully saturated rings. The molecule has 0 aliphatic carbocycles. The maximum Gasteiger partial charge on any atom is 0.251 e. The molecule has 1 amide bonds. The van der Waals surface area contributed by atoms with Gasteiger partial charge in [0.15, 0.2) is 0 Å². The highest BCUT2D eigenvalue weighted by Gasteiger charge is 2.25. The van der Waals surface area contributed by atoms with E-state index >= 15 is 0 Å². The Morgan fingerprint density at radius 1 is 1.12 bits per heavy atom. The van der Waals surface area contributed by atoms with Gasteiger partial charge >= 0.3 is 0 Å². The van der Waals surface area contributed by atoms with Crippen molar-refractivity contribution in [1.29, 1.82) is 0 Å². The molecule has 5 heteroatoms. The molecule has 0 spiro atoms. The molecule has 3 rings (SSSR count). The Balaban J connectivity index is 0.00000225. The van der Waals surface area contributed by atoms with Gasteiger partial charge in [-0.1, -0.05) is 59.7 Å². The van der Waals surface area contributed by atoms with Crippen molar-refractivity contribution >= 4 is 18.3 Å². The number of hydrogen-bond acceptors (Lipinski definition) is 3. The molecule has 2 N–H and O–H groups in total. The lowest BCUT2D eigenvalue weighted by Gasteiger charge is -2.26. The van der Waals surface area contributed by atoms with Gasteiger partial charge in [-0.25, -0.2) is 0 Å². The molecule has 0 aromatic heterocycles. The van der Waals surface area contributed by atoms with Crippen LogP contribution in [0.2, 0.25) is 0 Å². The average Bonchev–Trinajstić information content (AvgIpc) is 2.60. The van der Waals surface area contributed by atoms with E-state index < -0.39 is 6.10 Å². The molecule has 25 heavy (non-hydrogen) atoms. The van der Waals surface area contributed by atoms with Crippen molar-refractivity contribution in [3.8, 4) is 0 Å². The van der Waals surface area contributed by atoms with E-state index in [-0.39, 0.29) is 24.4 Å². The van der Waals surface area contributed by atoms with Crippen LogP contribution in [0.15, 0.2) is 48.5 Å². The number of rotatable bonds is 4. The number of carbonyl (C=O) groups excluding carboxylic acids is 1. The summed E-state index contributed by atoms with van der Waals surface area (Å²) in [6, 6.07) is 16.3. The second kappa shape index (κ2) is 8.99. The first kappa shape index (κ1) is 19.4. The number of nitrogens with one attached hydrogen (secondary N) is 2. The van der Waals surface area contributed by atoms with E-state index in [0.717, 1.165) is 17.7 Å². The molecule has 1 aliphatic rings. The van der Waals surface area contributed by atoms with E-state index in [0.29, 0.717) is 13.2 Å². The molecule has 1 aliphatic heterocycles. The lowest BCUT2D eigenvalue weighted by molar-refractivity contribution is -0.134. The summed E-state index contributed by atoms with van der Waals surface area (Å²) in [7, 11) is 0. The number of benzene rings is 2. The molecule has 0 radical (unpaired) electrons. The highest BCUT2D eigenvalue weighted by Crippen LogP contribution is 2.24. The second-order valence-electron chi connectivity index (χ2n) is 6.33. The molecule has 0 saturated carbocycles. The summed E-state index contributed by atoms with van der Waals surface area (Å²) in [4.78, 5) is 12.6. The van der Waals surface area contributed by atoms with Crippen molar-refractivity contribution in [2.75, 3.05) is 19.7 Å². The molecule has 1 heterocycles. The number of aryl methyl sites for hydroxylation is 2. The minimum Gasteiger partial charge on any atom is -0.366 e. The van der Waals surface area contributed by atoms with Gasteiger partial charge < -0.3 is 15.4 Å². The first-order valence-corrected chi connectivity index (χ1v) is 8.39. The molecule has 0 bridgehead atoms. The number of ether oxygens (including phenoxy) is 1. The summed E-state index contributed by atoms with van der Waals surface area (Å²) in [6.07, 6.45) is -0.434. The Labute approximate surface area is 155 Å². The Bertz CT molecular complexity index is 669. The van der Waals surface area contributed by atoms with E-state index in [1.807, 2.05) is 12.1 Å². The van der Waals surface area contributed by atoms with Crippen molar-refractivity contribution in [1.82, 2.24) is 10.6 Å². The number of morpholine rings is 1. The molecule has 1 atom stereocenters. The van der Waals surface area contributed by atoms with Gasteiger partial charge in [-0.2, -0.15) is 0 Å². The second-order valence-corrected chi connectivity index (χ2v) is 6.33. The maximum absolute atomic E-state index is 12.6. The van der Waals surface area contributed by atoms with E-state index in [2.05, 4.69) is 60.9 Å². The predicted octanol–water partition coefficient (Wildman–Crippen LogP) is 2.92. The van der Waals surface area contributed by atoms with E-state index in [4.69, 9.17) is 4.74 Å². The lowest BCUT2D eigenvalue weighted by atomic mass is 9.96. The fourth-order valence-electron chi connectivity index (χ4n) is 3.03. The van der Waals surface area contributed by atoms with E-state index in [1.165, 1.54) is 11.1 Å². The fraction of sp³-hybridized carbons (Fsp3) is 0.350. The summed E-state index contributed by atoms with van der Waals surface area (Å²) in [5.74, 6) is -0.0739. The van der Waals surface area contributed by atoms with Crippen molar-refractivity contribution in [3.05, 3.63) is 70.8 Å². The van der Waals surface area contributed by atoms with Crippen LogP contribution in [0.4, 0.5) is 0 Å². The zero-order valence-corrected chi connectivity index (χ0v) is 15.4.